The molecule has 1 aliphatic heterocycles. The molecule has 6 heteroatoms. The number of hydrogen-bond donors (Lipinski definition) is 1. The molecule has 0 aromatic carbocycles. The summed E-state index contributed by atoms with van der Waals surface area (Å²) < 4.78 is 5.06. The van der Waals surface area contributed by atoms with Crippen LogP contribution in [0.25, 0.3) is 0 Å². The van der Waals surface area contributed by atoms with Crippen LogP contribution >= 0.6 is 0 Å². The van der Waals surface area contributed by atoms with Gasteiger partial charge in [0, 0.05) is 58.2 Å². The standard InChI is InChI=1S/C15H27N5O/c1-4-19-7-9-20(10-8-19)15-17-13(2)12-14(18-15)16-6-5-11-21-3/h12H,4-11H2,1-3H3,(H,16,17,18). The lowest BCUT2D eigenvalue weighted by atomic mass is 10.3. The zero-order valence-corrected chi connectivity index (χ0v) is 13.4. The van der Waals surface area contributed by atoms with Crippen LogP contribution in [0.3, 0.4) is 0 Å². The van der Waals surface area contributed by atoms with Crippen LogP contribution in [-0.4, -0.2) is 67.9 Å². The van der Waals surface area contributed by atoms with E-state index in [1.165, 1.54) is 0 Å². The molecule has 0 atom stereocenters. The van der Waals surface area contributed by atoms with E-state index >= 15 is 0 Å². The van der Waals surface area contributed by atoms with Crippen LogP contribution in [0, 0.1) is 6.92 Å². The Bertz CT molecular complexity index is 432. The first-order valence-electron chi connectivity index (χ1n) is 7.78. The number of anilines is 2. The number of rotatable bonds is 7. The van der Waals surface area contributed by atoms with Gasteiger partial charge in [-0.3, -0.25) is 0 Å². The van der Waals surface area contributed by atoms with Gasteiger partial charge in [-0.25, -0.2) is 4.98 Å². The summed E-state index contributed by atoms with van der Waals surface area (Å²) in [4.78, 5) is 14.0. The monoisotopic (exact) mass is 293 g/mol. The Hall–Kier alpha value is -1.40. The fourth-order valence-electron chi connectivity index (χ4n) is 2.48. The fraction of sp³-hybridized carbons (Fsp3) is 0.733. The molecule has 0 unspecified atom stereocenters. The highest BCUT2D eigenvalue weighted by Crippen LogP contribution is 2.15. The highest BCUT2D eigenvalue weighted by molar-refractivity contribution is 5.43. The van der Waals surface area contributed by atoms with Crippen molar-refractivity contribution in [2.24, 2.45) is 0 Å². The zero-order chi connectivity index (χ0) is 15.1. The maximum atomic E-state index is 5.06. The second-order valence-corrected chi connectivity index (χ2v) is 5.39. The van der Waals surface area contributed by atoms with E-state index in [4.69, 9.17) is 4.74 Å². The van der Waals surface area contributed by atoms with Crippen LogP contribution in [0.2, 0.25) is 0 Å². The van der Waals surface area contributed by atoms with E-state index in [-0.39, 0.29) is 0 Å². The maximum Gasteiger partial charge on any atom is 0.227 e. The van der Waals surface area contributed by atoms with Gasteiger partial charge in [0.1, 0.15) is 5.82 Å². The van der Waals surface area contributed by atoms with Gasteiger partial charge in [0.05, 0.1) is 0 Å². The molecule has 0 spiro atoms. The van der Waals surface area contributed by atoms with Gasteiger partial charge in [-0.2, -0.15) is 4.98 Å². The van der Waals surface area contributed by atoms with Gasteiger partial charge in [-0.1, -0.05) is 6.92 Å². The second kappa shape index (κ2) is 8.14. The minimum absolute atomic E-state index is 0.767. The van der Waals surface area contributed by atoms with Crippen molar-refractivity contribution < 1.29 is 4.74 Å². The number of piperazine rings is 1. The summed E-state index contributed by atoms with van der Waals surface area (Å²) in [5, 5.41) is 3.35. The predicted molar refractivity (Wildman–Crippen MR) is 86.1 cm³/mol. The Balaban J connectivity index is 1.95. The van der Waals surface area contributed by atoms with Crippen molar-refractivity contribution in [2.75, 3.05) is 63.2 Å². The van der Waals surface area contributed by atoms with Crippen molar-refractivity contribution in [3.05, 3.63) is 11.8 Å². The topological polar surface area (TPSA) is 53.5 Å². The van der Waals surface area contributed by atoms with Crippen molar-refractivity contribution in [3.8, 4) is 0 Å². The number of likely N-dealkylation sites (N-methyl/N-ethyl adjacent to an activating group) is 1. The number of nitrogens with zero attached hydrogens (tertiary/aromatic N) is 4. The van der Waals surface area contributed by atoms with Crippen molar-refractivity contribution in [2.45, 2.75) is 20.3 Å². The molecule has 1 aliphatic rings. The average Bonchev–Trinajstić information content (AvgIpc) is 2.51. The predicted octanol–water partition coefficient (Wildman–Crippen LogP) is 1.38. The number of ether oxygens (including phenoxy) is 1. The van der Waals surface area contributed by atoms with E-state index in [2.05, 4.69) is 32.0 Å². The third-order valence-electron chi connectivity index (χ3n) is 3.78. The molecule has 0 amide bonds. The Morgan fingerprint density at radius 3 is 2.67 bits per heavy atom. The van der Waals surface area contributed by atoms with E-state index in [0.29, 0.717) is 0 Å². The number of aryl methyl sites for hydroxylation is 1. The van der Waals surface area contributed by atoms with Gasteiger partial charge >= 0.3 is 0 Å². The van der Waals surface area contributed by atoms with Crippen LogP contribution in [0.15, 0.2) is 6.07 Å². The summed E-state index contributed by atoms with van der Waals surface area (Å²) >= 11 is 0. The second-order valence-electron chi connectivity index (χ2n) is 5.39. The molecule has 1 saturated heterocycles. The van der Waals surface area contributed by atoms with Crippen LogP contribution in [0.4, 0.5) is 11.8 Å². The molecule has 0 saturated carbocycles. The third kappa shape index (κ3) is 4.82. The zero-order valence-electron chi connectivity index (χ0n) is 13.4. The first-order valence-corrected chi connectivity index (χ1v) is 7.78. The first-order chi connectivity index (χ1) is 10.2. The summed E-state index contributed by atoms with van der Waals surface area (Å²) in [6.07, 6.45) is 0.976. The molecule has 6 nitrogen and oxygen atoms in total. The SMILES string of the molecule is CCN1CCN(c2nc(C)cc(NCCCOC)n2)CC1. The molecule has 118 valence electrons. The van der Waals surface area contributed by atoms with E-state index in [1.54, 1.807) is 7.11 Å². The number of nitrogens with one attached hydrogen (secondary N) is 1. The summed E-state index contributed by atoms with van der Waals surface area (Å²) in [6, 6.07) is 2.00. The van der Waals surface area contributed by atoms with Crippen LogP contribution in [-0.2, 0) is 4.74 Å². The average molecular weight is 293 g/mol. The number of aromatic nitrogens is 2. The van der Waals surface area contributed by atoms with Gasteiger partial charge < -0.3 is 19.9 Å². The van der Waals surface area contributed by atoms with E-state index in [0.717, 1.165) is 69.8 Å². The van der Waals surface area contributed by atoms with Crippen LogP contribution in [0.5, 0.6) is 0 Å². The Morgan fingerprint density at radius 1 is 1.24 bits per heavy atom. The molecule has 0 radical (unpaired) electrons. The summed E-state index contributed by atoms with van der Waals surface area (Å²) in [5.41, 5.74) is 1.01. The van der Waals surface area contributed by atoms with Crippen molar-refractivity contribution >= 4 is 11.8 Å². The molecule has 0 bridgehead atoms. The van der Waals surface area contributed by atoms with Crippen LogP contribution in [0.1, 0.15) is 19.0 Å². The normalized spacial score (nSPS) is 16.2. The minimum Gasteiger partial charge on any atom is -0.385 e. The molecular formula is C15H27N5O. The lowest BCUT2D eigenvalue weighted by Crippen LogP contribution is -2.46. The minimum atomic E-state index is 0.767. The van der Waals surface area contributed by atoms with E-state index < -0.39 is 0 Å². The van der Waals surface area contributed by atoms with Gasteiger partial charge in [0.15, 0.2) is 0 Å². The van der Waals surface area contributed by atoms with Gasteiger partial charge in [-0.15, -0.1) is 0 Å². The number of hydrogen-bond acceptors (Lipinski definition) is 6. The van der Waals surface area contributed by atoms with Crippen molar-refractivity contribution in [1.29, 1.82) is 0 Å². The molecule has 0 aliphatic carbocycles. The van der Waals surface area contributed by atoms with Gasteiger partial charge in [-0.05, 0) is 19.9 Å². The largest absolute Gasteiger partial charge is 0.385 e. The van der Waals surface area contributed by atoms with Gasteiger partial charge in [0.2, 0.25) is 5.95 Å². The fourth-order valence-corrected chi connectivity index (χ4v) is 2.48. The smallest absolute Gasteiger partial charge is 0.227 e. The maximum absolute atomic E-state index is 5.06. The summed E-state index contributed by atoms with van der Waals surface area (Å²) in [7, 11) is 1.73. The molecule has 21 heavy (non-hydrogen) atoms. The highest BCUT2D eigenvalue weighted by atomic mass is 16.5. The van der Waals surface area contributed by atoms with Crippen molar-refractivity contribution in [1.82, 2.24) is 14.9 Å². The number of methoxy groups -OCH3 is 1. The summed E-state index contributed by atoms with van der Waals surface area (Å²) in [6.45, 7) is 11.2. The lowest BCUT2D eigenvalue weighted by molar-refractivity contribution is 0.198. The third-order valence-corrected chi connectivity index (χ3v) is 3.78. The molecule has 1 N–H and O–H groups in total. The quantitative estimate of drug-likeness (QED) is 0.767. The Morgan fingerprint density at radius 2 is 2.00 bits per heavy atom. The Labute approximate surface area is 127 Å². The molecule has 2 heterocycles. The van der Waals surface area contributed by atoms with E-state index in [9.17, 15) is 0 Å². The van der Waals surface area contributed by atoms with Gasteiger partial charge in [0.25, 0.3) is 0 Å². The van der Waals surface area contributed by atoms with E-state index in [1.807, 2.05) is 13.0 Å². The van der Waals surface area contributed by atoms with Crippen molar-refractivity contribution in [3.63, 3.8) is 0 Å². The highest BCUT2D eigenvalue weighted by Gasteiger charge is 2.18. The molecular weight excluding hydrogens is 266 g/mol. The molecule has 1 aromatic rings. The molecule has 1 fully saturated rings. The first kappa shape index (κ1) is 16.0. The van der Waals surface area contributed by atoms with Crippen LogP contribution < -0.4 is 10.2 Å². The molecule has 1 aromatic heterocycles. The lowest BCUT2D eigenvalue weighted by Gasteiger charge is -2.34. The molecule has 2 rings (SSSR count). The Kier molecular flexibility index (Phi) is 6.20. The summed E-state index contributed by atoms with van der Waals surface area (Å²) in [5.74, 6) is 1.76.